The second-order valence-electron chi connectivity index (χ2n) is 5.36. The third kappa shape index (κ3) is 3.15. The van der Waals surface area contributed by atoms with Crippen molar-refractivity contribution in [1.29, 1.82) is 0 Å². The van der Waals surface area contributed by atoms with Crippen molar-refractivity contribution in [1.82, 2.24) is 9.88 Å². The summed E-state index contributed by atoms with van der Waals surface area (Å²) in [6.45, 7) is 0. The highest BCUT2D eigenvalue weighted by molar-refractivity contribution is 14.1. The van der Waals surface area contributed by atoms with Gasteiger partial charge in [0, 0.05) is 9.61 Å². The number of hydrogen-bond acceptors (Lipinski definition) is 3. The van der Waals surface area contributed by atoms with Crippen molar-refractivity contribution in [3.05, 3.63) is 26.5 Å². The number of nitrogens with two attached hydrogens (primary N) is 1. The summed E-state index contributed by atoms with van der Waals surface area (Å²) in [5.74, 6) is 0. The Bertz CT molecular complexity index is 418. The van der Waals surface area contributed by atoms with Crippen LogP contribution in [0.25, 0.3) is 0 Å². The van der Waals surface area contributed by atoms with E-state index in [9.17, 15) is 0 Å². The van der Waals surface area contributed by atoms with E-state index in [0.717, 1.165) is 28.5 Å². The summed E-state index contributed by atoms with van der Waals surface area (Å²) in [6, 6.07) is 4.45. The van der Waals surface area contributed by atoms with Crippen LogP contribution in [0.4, 0.5) is 0 Å². The second-order valence-corrected chi connectivity index (χ2v) is 7.00. The van der Waals surface area contributed by atoms with E-state index < -0.39 is 0 Å². The molecule has 0 aromatic carbocycles. The van der Waals surface area contributed by atoms with E-state index in [0.29, 0.717) is 11.2 Å². The van der Waals surface area contributed by atoms with Gasteiger partial charge in [-0.1, -0.05) is 11.6 Å². The van der Waals surface area contributed by atoms with Gasteiger partial charge in [-0.3, -0.25) is 0 Å². The quantitative estimate of drug-likeness (QED) is 0.634. The van der Waals surface area contributed by atoms with E-state index in [-0.39, 0.29) is 5.54 Å². The predicted molar refractivity (Wildman–Crippen MR) is 83.8 cm³/mol. The van der Waals surface area contributed by atoms with Gasteiger partial charge in [-0.25, -0.2) is 4.98 Å². The lowest BCUT2D eigenvalue weighted by atomic mass is 9.77. The van der Waals surface area contributed by atoms with Crippen LogP contribution in [0.3, 0.4) is 0 Å². The van der Waals surface area contributed by atoms with Gasteiger partial charge in [0.05, 0.1) is 11.2 Å². The minimum absolute atomic E-state index is 0.335. The highest BCUT2D eigenvalue weighted by atomic mass is 127. The van der Waals surface area contributed by atoms with Crippen molar-refractivity contribution in [3.8, 4) is 0 Å². The van der Waals surface area contributed by atoms with Crippen LogP contribution in [0, 0.1) is 3.57 Å². The maximum Gasteiger partial charge on any atom is 0.130 e. The lowest BCUT2D eigenvalue weighted by Gasteiger charge is -2.40. The van der Waals surface area contributed by atoms with Gasteiger partial charge in [0.1, 0.15) is 5.15 Å². The standard InChI is InChI=1S/C13H19ClIN3/c1-18(2)10-4-3-5-13(16,8-10)11-6-9(15)7-12(14)17-11/h6-7,10H,3-5,8,16H2,1-2H3. The molecule has 18 heavy (non-hydrogen) atoms. The molecule has 1 heterocycles. The summed E-state index contributed by atoms with van der Waals surface area (Å²) in [5, 5.41) is 0.536. The SMILES string of the molecule is CN(C)C1CCCC(N)(c2cc(I)cc(Cl)n2)C1. The topological polar surface area (TPSA) is 42.1 Å². The number of nitrogens with zero attached hydrogens (tertiary/aromatic N) is 2. The van der Waals surface area contributed by atoms with Gasteiger partial charge in [0.2, 0.25) is 0 Å². The summed E-state index contributed by atoms with van der Waals surface area (Å²) in [7, 11) is 4.23. The van der Waals surface area contributed by atoms with Crippen molar-refractivity contribution in [2.45, 2.75) is 37.3 Å². The van der Waals surface area contributed by atoms with Gasteiger partial charge in [-0.2, -0.15) is 0 Å². The molecule has 1 saturated carbocycles. The van der Waals surface area contributed by atoms with Crippen molar-refractivity contribution in [3.63, 3.8) is 0 Å². The molecule has 0 saturated heterocycles. The van der Waals surface area contributed by atoms with E-state index in [4.69, 9.17) is 17.3 Å². The summed E-state index contributed by atoms with van der Waals surface area (Å²) in [5.41, 5.74) is 7.20. The van der Waals surface area contributed by atoms with Gasteiger partial charge >= 0.3 is 0 Å². The van der Waals surface area contributed by atoms with Crippen LogP contribution in [0.5, 0.6) is 0 Å². The second kappa shape index (κ2) is 5.61. The largest absolute Gasteiger partial charge is 0.320 e. The maximum absolute atomic E-state index is 6.60. The molecule has 1 aromatic heterocycles. The van der Waals surface area contributed by atoms with E-state index in [1.54, 1.807) is 0 Å². The fraction of sp³-hybridized carbons (Fsp3) is 0.615. The van der Waals surface area contributed by atoms with Gasteiger partial charge < -0.3 is 10.6 Å². The zero-order chi connectivity index (χ0) is 13.3. The summed E-state index contributed by atoms with van der Waals surface area (Å²) < 4.78 is 1.10. The lowest BCUT2D eigenvalue weighted by molar-refractivity contribution is 0.160. The van der Waals surface area contributed by atoms with Crippen LogP contribution in [-0.4, -0.2) is 30.0 Å². The zero-order valence-electron chi connectivity index (χ0n) is 10.8. The molecule has 2 N–H and O–H groups in total. The first-order valence-electron chi connectivity index (χ1n) is 6.19. The Kier molecular flexibility index (Phi) is 4.52. The molecule has 1 aliphatic rings. The third-order valence-corrected chi connectivity index (χ3v) is 4.58. The molecule has 100 valence electrons. The number of aromatic nitrogens is 1. The Morgan fingerprint density at radius 1 is 1.50 bits per heavy atom. The van der Waals surface area contributed by atoms with Crippen molar-refractivity contribution in [2.75, 3.05) is 14.1 Å². The Labute approximate surface area is 127 Å². The molecule has 1 fully saturated rings. The minimum atomic E-state index is -0.335. The summed E-state index contributed by atoms with van der Waals surface area (Å²) >= 11 is 8.31. The fourth-order valence-electron chi connectivity index (χ4n) is 2.67. The molecule has 0 bridgehead atoms. The molecule has 2 rings (SSSR count). The number of pyridine rings is 1. The van der Waals surface area contributed by atoms with Gasteiger partial charge in [0.15, 0.2) is 0 Å². The molecule has 1 aliphatic carbocycles. The van der Waals surface area contributed by atoms with Crippen molar-refractivity contribution in [2.24, 2.45) is 5.73 Å². The van der Waals surface area contributed by atoms with Crippen LogP contribution in [0.1, 0.15) is 31.4 Å². The molecular formula is C13H19ClIN3. The van der Waals surface area contributed by atoms with Crippen molar-refractivity contribution >= 4 is 34.2 Å². The maximum atomic E-state index is 6.60. The van der Waals surface area contributed by atoms with Crippen LogP contribution in [0.2, 0.25) is 5.15 Å². The van der Waals surface area contributed by atoms with Crippen molar-refractivity contribution < 1.29 is 0 Å². The highest BCUT2D eigenvalue weighted by Crippen LogP contribution is 2.36. The van der Waals surface area contributed by atoms with Crippen LogP contribution < -0.4 is 5.73 Å². The molecule has 0 amide bonds. The Hall–Kier alpha value is 0.0900. The molecular weight excluding hydrogens is 361 g/mol. The Balaban J connectivity index is 2.29. The molecule has 3 nitrogen and oxygen atoms in total. The Morgan fingerprint density at radius 3 is 2.83 bits per heavy atom. The molecule has 1 aromatic rings. The molecule has 0 spiro atoms. The monoisotopic (exact) mass is 379 g/mol. The first-order chi connectivity index (χ1) is 8.40. The smallest absolute Gasteiger partial charge is 0.130 e. The molecule has 0 aliphatic heterocycles. The summed E-state index contributed by atoms with van der Waals surface area (Å²) in [4.78, 5) is 6.70. The molecule has 2 unspecified atom stereocenters. The first kappa shape index (κ1) is 14.5. The molecule has 0 radical (unpaired) electrons. The van der Waals surface area contributed by atoms with Crippen LogP contribution in [0.15, 0.2) is 12.1 Å². The first-order valence-corrected chi connectivity index (χ1v) is 7.65. The highest BCUT2D eigenvalue weighted by Gasteiger charge is 2.36. The Morgan fingerprint density at radius 2 is 2.22 bits per heavy atom. The normalized spacial score (nSPS) is 28.7. The summed E-state index contributed by atoms with van der Waals surface area (Å²) in [6.07, 6.45) is 4.29. The molecule has 5 heteroatoms. The third-order valence-electron chi connectivity index (χ3n) is 3.76. The average molecular weight is 380 g/mol. The average Bonchev–Trinajstić information content (AvgIpc) is 2.27. The van der Waals surface area contributed by atoms with Crippen LogP contribution >= 0.6 is 34.2 Å². The van der Waals surface area contributed by atoms with Gasteiger partial charge in [0.25, 0.3) is 0 Å². The van der Waals surface area contributed by atoms with Gasteiger partial charge in [-0.15, -0.1) is 0 Å². The van der Waals surface area contributed by atoms with E-state index in [1.165, 1.54) is 6.42 Å². The number of rotatable bonds is 2. The minimum Gasteiger partial charge on any atom is -0.320 e. The number of halogens is 2. The number of hydrogen-bond donors (Lipinski definition) is 1. The van der Waals surface area contributed by atoms with Crippen LogP contribution in [-0.2, 0) is 5.54 Å². The van der Waals surface area contributed by atoms with E-state index in [1.807, 2.05) is 6.07 Å². The van der Waals surface area contributed by atoms with E-state index >= 15 is 0 Å². The lowest BCUT2D eigenvalue weighted by Crippen LogP contribution is -2.47. The predicted octanol–water partition coefficient (Wildman–Crippen LogP) is 3.00. The molecule has 2 atom stereocenters. The zero-order valence-corrected chi connectivity index (χ0v) is 13.7. The van der Waals surface area contributed by atoms with E-state index in [2.05, 4.69) is 52.6 Å². The fourth-order valence-corrected chi connectivity index (χ4v) is 3.65. The van der Waals surface area contributed by atoms with Gasteiger partial charge in [-0.05, 0) is 74.5 Å².